The number of hydrogen-bond acceptors (Lipinski definition) is 4. The van der Waals surface area contributed by atoms with Gasteiger partial charge >= 0.3 is 11.8 Å². The number of nitrogens with zero attached hydrogens (tertiary/aromatic N) is 2. The van der Waals surface area contributed by atoms with Crippen LogP contribution in [0.15, 0.2) is 15.8 Å². The van der Waals surface area contributed by atoms with Crippen molar-refractivity contribution < 1.29 is 9.53 Å². The van der Waals surface area contributed by atoms with Crippen LogP contribution < -0.4 is 11.2 Å². The number of aryl methyl sites for hydroxylation is 1. The maximum atomic E-state index is 12.2. The molecule has 0 aliphatic rings. The minimum absolute atomic E-state index is 0.120. The lowest BCUT2D eigenvalue weighted by Gasteiger charge is -2.20. The molecule has 0 aliphatic heterocycles. The van der Waals surface area contributed by atoms with Gasteiger partial charge in [-0.15, -0.1) is 0 Å². The van der Waals surface area contributed by atoms with E-state index in [1.54, 1.807) is 27.7 Å². The van der Waals surface area contributed by atoms with Gasteiger partial charge in [0, 0.05) is 18.3 Å². The van der Waals surface area contributed by atoms with Gasteiger partial charge in [-0.25, -0.2) is 14.2 Å². The molecule has 1 aromatic heterocycles. The monoisotopic (exact) mass is 282 g/mol. The molecule has 112 valence electrons. The van der Waals surface area contributed by atoms with Crippen LogP contribution in [0.1, 0.15) is 40.2 Å². The second-order valence-corrected chi connectivity index (χ2v) is 6.25. The number of aromatic nitrogens is 2. The summed E-state index contributed by atoms with van der Waals surface area (Å²) in [6.45, 7) is 10.8. The average Bonchev–Trinajstić information content (AvgIpc) is 2.26. The standard InChI is InChI=1S/C14H22N2O4/c1-9(2)7-15-11(17)10(3)8-16(12(15)18)13(19)20-14(4,5)6/h8-9H,7H2,1-6H3. The Morgan fingerprint density at radius 1 is 1.30 bits per heavy atom. The average molecular weight is 282 g/mol. The molecule has 0 saturated heterocycles. The van der Waals surface area contributed by atoms with Crippen molar-refractivity contribution in [2.45, 2.75) is 53.7 Å². The van der Waals surface area contributed by atoms with Gasteiger partial charge in [0.05, 0.1) is 0 Å². The first-order chi connectivity index (χ1) is 9.03. The van der Waals surface area contributed by atoms with E-state index < -0.39 is 17.4 Å². The van der Waals surface area contributed by atoms with Crippen LogP contribution in [0.2, 0.25) is 0 Å². The maximum absolute atomic E-state index is 12.2. The first-order valence-corrected chi connectivity index (χ1v) is 6.59. The molecule has 6 nitrogen and oxygen atoms in total. The third-order valence-electron chi connectivity index (χ3n) is 2.48. The molecule has 0 unspecified atom stereocenters. The molecule has 1 aromatic rings. The highest BCUT2D eigenvalue weighted by Crippen LogP contribution is 2.08. The second kappa shape index (κ2) is 5.64. The molecular weight excluding hydrogens is 260 g/mol. The van der Waals surface area contributed by atoms with Gasteiger partial charge in [0.1, 0.15) is 5.60 Å². The summed E-state index contributed by atoms with van der Waals surface area (Å²) in [6.07, 6.45) is 0.457. The lowest BCUT2D eigenvalue weighted by atomic mass is 10.2. The van der Waals surface area contributed by atoms with Crippen LogP contribution in [0.25, 0.3) is 0 Å². The largest absolute Gasteiger partial charge is 0.443 e. The van der Waals surface area contributed by atoms with Crippen LogP contribution >= 0.6 is 0 Å². The van der Waals surface area contributed by atoms with Crippen LogP contribution in [0, 0.1) is 12.8 Å². The fourth-order valence-corrected chi connectivity index (χ4v) is 1.70. The van der Waals surface area contributed by atoms with Crippen molar-refractivity contribution in [2.24, 2.45) is 5.92 Å². The van der Waals surface area contributed by atoms with Crippen molar-refractivity contribution in [3.05, 3.63) is 32.6 Å². The Morgan fingerprint density at radius 3 is 2.30 bits per heavy atom. The van der Waals surface area contributed by atoms with E-state index in [-0.39, 0.29) is 18.0 Å². The van der Waals surface area contributed by atoms with Crippen LogP contribution in [0.4, 0.5) is 4.79 Å². The van der Waals surface area contributed by atoms with Crippen LogP contribution in [0.5, 0.6) is 0 Å². The molecule has 0 saturated carbocycles. The first kappa shape index (κ1) is 16.2. The Morgan fingerprint density at radius 2 is 1.85 bits per heavy atom. The summed E-state index contributed by atoms with van der Waals surface area (Å²) >= 11 is 0. The highest BCUT2D eigenvalue weighted by molar-refractivity contribution is 5.70. The van der Waals surface area contributed by atoms with Crippen molar-refractivity contribution in [3.63, 3.8) is 0 Å². The van der Waals surface area contributed by atoms with Crippen LogP contribution in [0.3, 0.4) is 0 Å². The molecule has 0 aromatic carbocycles. The summed E-state index contributed by atoms with van der Waals surface area (Å²) in [5.74, 6) is 0.120. The molecule has 0 radical (unpaired) electrons. The third kappa shape index (κ3) is 3.82. The Labute approximate surface area is 118 Å². The molecule has 0 spiro atoms. The number of carbonyl (C=O) groups excluding carboxylic acids is 1. The minimum Gasteiger partial charge on any atom is -0.443 e. The van der Waals surface area contributed by atoms with E-state index in [1.165, 1.54) is 6.20 Å². The molecule has 0 fully saturated rings. The molecule has 6 heteroatoms. The van der Waals surface area contributed by atoms with E-state index in [0.717, 1.165) is 9.13 Å². The minimum atomic E-state index is -0.775. The van der Waals surface area contributed by atoms with Crippen molar-refractivity contribution in [2.75, 3.05) is 0 Å². The summed E-state index contributed by atoms with van der Waals surface area (Å²) in [5, 5.41) is 0. The van der Waals surface area contributed by atoms with Crippen LogP contribution in [-0.2, 0) is 11.3 Å². The predicted molar refractivity (Wildman–Crippen MR) is 76.2 cm³/mol. The predicted octanol–water partition coefficient (Wildman–Crippen LogP) is 1.76. The summed E-state index contributed by atoms with van der Waals surface area (Å²) in [4.78, 5) is 36.2. The van der Waals surface area contributed by atoms with Gasteiger partial charge in [-0.2, -0.15) is 0 Å². The lowest BCUT2D eigenvalue weighted by molar-refractivity contribution is 0.0524. The third-order valence-corrected chi connectivity index (χ3v) is 2.48. The Balaban J connectivity index is 3.36. The van der Waals surface area contributed by atoms with Crippen molar-refractivity contribution in [1.82, 2.24) is 9.13 Å². The highest BCUT2D eigenvalue weighted by atomic mass is 16.6. The summed E-state index contributed by atoms with van der Waals surface area (Å²) in [5.41, 5.74) is -1.41. The fourth-order valence-electron chi connectivity index (χ4n) is 1.70. The van der Waals surface area contributed by atoms with E-state index >= 15 is 0 Å². The quantitative estimate of drug-likeness (QED) is 0.828. The van der Waals surface area contributed by atoms with Gasteiger partial charge in [0.25, 0.3) is 5.56 Å². The lowest BCUT2D eigenvalue weighted by Crippen LogP contribution is -2.45. The molecule has 1 rings (SSSR count). The van der Waals surface area contributed by atoms with E-state index in [0.29, 0.717) is 5.56 Å². The van der Waals surface area contributed by atoms with E-state index in [9.17, 15) is 14.4 Å². The number of ether oxygens (including phenoxy) is 1. The number of hydrogen-bond donors (Lipinski definition) is 0. The van der Waals surface area contributed by atoms with E-state index in [4.69, 9.17) is 4.74 Å². The van der Waals surface area contributed by atoms with Gasteiger partial charge in [0.15, 0.2) is 0 Å². The van der Waals surface area contributed by atoms with Gasteiger partial charge in [-0.05, 0) is 33.6 Å². The molecule has 20 heavy (non-hydrogen) atoms. The molecule has 0 aliphatic carbocycles. The normalized spacial score (nSPS) is 11.8. The molecule has 1 heterocycles. The zero-order valence-electron chi connectivity index (χ0n) is 12.9. The molecule has 0 atom stereocenters. The SMILES string of the molecule is Cc1cn(C(=O)OC(C)(C)C)c(=O)n(CC(C)C)c1=O. The summed E-state index contributed by atoms with van der Waals surface area (Å²) in [7, 11) is 0. The second-order valence-electron chi connectivity index (χ2n) is 6.25. The zero-order valence-corrected chi connectivity index (χ0v) is 12.9. The number of carbonyl (C=O) groups is 1. The molecular formula is C14H22N2O4. The van der Waals surface area contributed by atoms with Gasteiger partial charge in [0.2, 0.25) is 0 Å². The smallest absolute Gasteiger partial charge is 0.422 e. The van der Waals surface area contributed by atoms with Crippen molar-refractivity contribution >= 4 is 6.09 Å². The fraction of sp³-hybridized carbons (Fsp3) is 0.643. The maximum Gasteiger partial charge on any atom is 0.422 e. The molecule has 0 bridgehead atoms. The zero-order chi connectivity index (χ0) is 15.7. The van der Waals surface area contributed by atoms with Crippen molar-refractivity contribution in [1.29, 1.82) is 0 Å². The molecule has 0 amide bonds. The van der Waals surface area contributed by atoms with Crippen LogP contribution in [-0.4, -0.2) is 20.8 Å². The van der Waals surface area contributed by atoms with Gasteiger partial charge in [-0.1, -0.05) is 13.8 Å². The Bertz CT molecular complexity index is 618. The Kier molecular flexibility index (Phi) is 4.57. The van der Waals surface area contributed by atoms with Gasteiger partial charge in [-0.3, -0.25) is 9.36 Å². The Hall–Kier alpha value is -1.85. The van der Waals surface area contributed by atoms with E-state index in [1.807, 2.05) is 13.8 Å². The first-order valence-electron chi connectivity index (χ1n) is 6.59. The number of rotatable bonds is 2. The summed E-state index contributed by atoms with van der Waals surface area (Å²) < 4.78 is 7.09. The van der Waals surface area contributed by atoms with Crippen molar-refractivity contribution in [3.8, 4) is 0 Å². The van der Waals surface area contributed by atoms with E-state index in [2.05, 4.69) is 0 Å². The highest BCUT2D eigenvalue weighted by Gasteiger charge is 2.21. The summed E-state index contributed by atoms with van der Waals surface area (Å²) in [6, 6.07) is 0. The molecule has 0 N–H and O–H groups in total. The van der Waals surface area contributed by atoms with Gasteiger partial charge < -0.3 is 4.74 Å². The topological polar surface area (TPSA) is 70.3 Å².